The fourth-order valence-corrected chi connectivity index (χ4v) is 4.19. The van der Waals surface area contributed by atoms with E-state index in [-0.39, 0.29) is 12.5 Å². The van der Waals surface area contributed by atoms with Gasteiger partial charge in [0, 0.05) is 11.6 Å². The zero-order valence-electron chi connectivity index (χ0n) is 16.0. The summed E-state index contributed by atoms with van der Waals surface area (Å²) in [5.74, 6) is -0.379. The molecule has 0 aromatic heterocycles. The van der Waals surface area contributed by atoms with Crippen LogP contribution in [0.15, 0.2) is 54.6 Å². The first-order valence-electron chi connectivity index (χ1n) is 8.97. The maximum Gasteiger partial charge on any atom is 0.243 e. The van der Waals surface area contributed by atoms with Gasteiger partial charge in [0.15, 0.2) is 0 Å². The van der Waals surface area contributed by atoms with Gasteiger partial charge in [-0.1, -0.05) is 54.9 Å². The molecule has 0 radical (unpaired) electrons. The average molecular weight is 425 g/mol. The molecule has 0 aliphatic carbocycles. The van der Waals surface area contributed by atoms with Crippen LogP contribution >= 0.6 is 11.6 Å². The van der Waals surface area contributed by atoms with Gasteiger partial charge in [-0.15, -0.1) is 0 Å². The quantitative estimate of drug-likeness (QED) is 0.594. The van der Waals surface area contributed by atoms with Crippen molar-refractivity contribution in [2.75, 3.05) is 23.7 Å². The molecule has 28 heavy (non-hydrogen) atoms. The second-order valence-corrected chi connectivity index (χ2v) is 8.59. The van der Waals surface area contributed by atoms with E-state index in [2.05, 4.69) is 5.32 Å². The highest BCUT2D eigenvalue weighted by Gasteiger charge is 2.31. The van der Waals surface area contributed by atoms with Crippen molar-refractivity contribution in [2.45, 2.75) is 26.0 Å². The minimum atomic E-state index is -3.68. The Kier molecular flexibility index (Phi) is 8.29. The molecule has 8 heteroatoms. The van der Waals surface area contributed by atoms with Crippen molar-refractivity contribution >= 4 is 33.2 Å². The Morgan fingerprint density at radius 2 is 1.89 bits per heavy atom. The number of amides is 1. The number of carbonyl (C=O) groups is 1. The summed E-state index contributed by atoms with van der Waals surface area (Å²) in [5, 5.41) is 3.15. The molecule has 0 heterocycles. The van der Waals surface area contributed by atoms with Gasteiger partial charge in [-0.05, 0) is 30.2 Å². The van der Waals surface area contributed by atoms with Gasteiger partial charge in [-0.25, -0.2) is 8.42 Å². The van der Waals surface area contributed by atoms with E-state index in [1.807, 2.05) is 30.3 Å². The molecule has 2 aromatic rings. The number of nitrogens with one attached hydrogen (secondary N) is 1. The predicted molar refractivity (Wildman–Crippen MR) is 112 cm³/mol. The van der Waals surface area contributed by atoms with Crippen LogP contribution in [0.1, 0.15) is 18.9 Å². The Hall–Kier alpha value is -2.09. The van der Waals surface area contributed by atoms with E-state index in [4.69, 9.17) is 16.3 Å². The van der Waals surface area contributed by atoms with Crippen molar-refractivity contribution in [3.05, 3.63) is 65.2 Å². The van der Waals surface area contributed by atoms with E-state index in [0.29, 0.717) is 30.3 Å². The summed E-state index contributed by atoms with van der Waals surface area (Å²) in [5.41, 5.74) is 1.40. The zero-order chi connectivity index (χ0) is 20.6. The molecule has 1 amide bonds. The molecule has 1 atom stereocenters. The number of anilines is 1. The largest absolute Gasteiger partial charge is 0.375 e. The Labute approximate surface area is 171 Å². The molecule has 1 N–H and O–H groups in total. The van der Waals surface area contributed by atoms with Crippen LogP contribution in [0.25, 0.3) is 0 Å². The predicted octanol–water partition coefficient (Wildman–Crippen LogP) is 3.22. The number of halogens is 1. The fourth-order valence-electron chi connectivity index (χ4n) is 2.80. The van der Waals surface area contributed by atoms with Gasteiger partial charge in [0.1, 0.15) is 6.04 Å². The molecule has 0 aliphatic rings. The highest BCUT2D eigenvalue weighted by molar-refractivity contribution is 7.92. The number of benzene rings is 2. The summed E-state index contributed by atoms with van der Waals surface area (Å²) in [6.45, 7) is 2.83. The van der Waals surface area contributed by atoms with Gasteiger partial charge in [0.25, 0.3) is 0 Å². The lowest BCUT2D eigenvalue weighted by Crippen LogP contribution is -2.49. The molecule has 2 rings (SSSR count). The number of hydrogen-bond acceptors (Lipinski definition) is 4. The Bertz CT molecular complexity index is 875. The molecule has 0 spiro atoms. The molecule has 0 saturated heterocycles. The van der Waals surface area contributed by atoms with Crippen LogP contribution in [0, 0.1) is 0 Å². The lowest BCUT2D eigenvalue weighted by molar-refractivity contribution is -0.122. The molecule has 0 aliphatic heterocycles. The van der Waals surface area contributed by atoms with Crippen molar-refractivity contribution in [1.82, 2.24) is 5.32 Å². The second kappa shape index (κ2) is 10.5. The number of hydrogen-bond donors (Lipinski definition) is 1. The van der Waals surface area contributed by atoms with Crippen LogP contribution in [0.2, 0.25) is 5.02 Å². The van der Waals surface area contributed by atoms with Gasteiger partial charge in [-0.2, -0.15) is 0 Å². The highest BCUT2D eigenvalue weighted by atomic mass is 35.5. The van der Waals surface area contributed by atoms with E-state index >= 15 is 0 Å². The van der Waals surface area contributed by atoms with Crippen LogP contribution in [0.5, 0.6) is 0 Å². The molecule has 0 saturated carbocycles. The Balaban J connectivity index is 1.97. The topological polar surface area (TPSA) is 75.7 Å². The average Bonchev–Trinajstić information content (AvgIpc) is 2.65. The van der Waals surface area contributed by atoms with E-state index in [1.165, 1.54) is 6.07 Å². The summed E-state index contributed by atoms with van der Waals surface area (Å²) in [6, 6.07) is 15.3. The minimum absolute atomic E-state index is 0.287. The van der Waals surface area contributed by atoms with Crippen molar-refractivity contribution < 1.29 is 17.9 Å². The molecular formula is C20H25ClN2O4S. The van der Waals surface area contributed by atoms with Crippen LogP contribution in [0.4, 0.5) is 5.69 Å². The Morgan fingerprint density at radius 3 is 2.50 bits per heavy atom. The third-order valence-corrected chi connectivity index (χ3v) is 5.46. The summed E-state index contributed by atoms with van der Waals surface area (Å²) in [7, 11) is -3.68. The summed E-state index contributed by atoms with van der Waals surface area (Å²) < 4.78 is 31.4. The number of sulfonamides is 1. The molecule has 0 unspecified atom stereocenters. The SMILES string of the molecule is CC[C@@H](C(=O)NCCOCc1ccccc1)N(c1cccc(Cl)c1)S(C)(=O)=O. The molecule has 0 fully saturated rings. The van der Waals surface area contributed by atoms with Crippen LogP contribution in [-0.4, -0.2) is 39.8 Å². The molecule has 2 aromatic carbocycles. The first-order chi connectivity index (χ1) is 13.3. The first kappa shape index (κ1) is 22.2. The molecule has 152 valence electrons. The van der Waals surface area contributed by atoms with Crippen LogP contribution in [-0.2, 0) is 26.2 Å². The number of nitrogens with zero attached hydrogens (tertiary/aromatic N) is 1. The molecule has 0 bridgehead atoms. The lowest BCUT2D eigenvalue weighted by Gasteiger charge is -2.30. The maximum absolute atomic E-state index is 12.6. The van der Waals surface area contributed by atoms with Crippen molar-refractivity contribution in [2.24, 2.45) is 0 Å². The van der Waals surface area contributed by atoms with Crippen LogP contribution in [0.3, 0.4) is 0 Å². The zero-order valence-corrected chi connectivity index (χ0v) is 17.5. The van der Waals surface area contributed by atoms with E-state index < -0.39 is 16.1 Å². The van der Waals surface area contributed by atoms with E-state index in [9.17, 15) is 13.2 Å². The maximum atomic E-state index is 12.6. The number of carbonyl (C=O) groups excluding carboxylic acids is 1. The summed E-state index contributed by atoms with van der Waals surface area (Å²) in [4.78, 5) is 12.6. The van der Waals surface area contributed by atoms with Crippen molar-refractivity contribution in [1.29, 1.82) is 0 Å². The highest BCUT2D eigenvalue weighted by Crippen LogP contribution is 2.25. The summed E-state index contributed by atoms with van der Waals surface area (Å²) in [6.07, 6.45) is 1.39. The van der Waals surface area contributed by atoms with Gasteiger partial charge in [0.2, 0.25) is 15.9 Å². The van der Waals surface area contributed by atoms with Gasteiger partial charge < -0.3 is 10.1 Å². The first-order valence-corrected chi connectivity index (χ1v) is 11.2. The van der Waals surface area contributed by atoms with E-state index in [0.717, 1.165) is 16.1 Å². The third-order valence-electron chi connectivity index (χ3n) is 4.05. The smallest absolute Gasteiger partial charge is 0.243 e. The third kappa shape index (κ3) is 6.51. The normalized spacial score (nSPS) is 12.4. The molecule has 6 nitrogen and oxygen atoms in total. The summed E-state index contributed by atoms with van der Waals surface area (Å²) >= 11 is 6.00. The van der Waals surface area contributed by atoms with Gasteiger partial charge in [-0.3, -0.25) is 9.10 Å². The minimum Gasteiger partial charge on any atom is -0.375 e. The second-order valence-electron chi connectivity index (χ2n) is 6.29. The van der Waals surface area contributed by atoms with E-state index in [1.54, 1.807) is 25.1 Å². The van der Waals surface area contributed by atoms with Gasteiger partial charge >= 0.3 is 0 Å². The van der Waals surface area contributed by atoms with Gasteiger partial charge in [0.05, 0.1) is 25.2 Å². The standard InChI is InChI=1S/C20H25ClN2O4S/c1-3-19(23(28(2,25)26)18-11-7-10-17(21)14-18)20(24)22-12-13-27-15-16-8-5-4-6-9-16/h4-11,14,19H,3,12-13,15H2,1-2H3,(H,22,24)/t19-/m0/s1. The fraction of sp³-hybridized carbons (Fsp3) is 0.350. The monoisotopic (exact) mass is 424 g/mol. The van der Waals surface area contributed by atoms with Crippen molar-refractivity contribution in [3.8, 4) is 0 Å². The lowest BCUT2D eigenvalue weighted by atomic mass is 10.2. The Morgan fingerprint density at radius 1 is 1.18 bits per heavy atom. The van der Waals surface area contributed by atoms with Crippen molar-refractivity contribution in [3.63, 3.8) is 0 Å². The molecular weight excluding hydrogens is 400 g/mol. The number of rotatable bonds is 10. The number of ether oxygens (including phenoxy) is 1. The van der Waals surface area contributed by atoms with Crippen LogP contribution < -0.4 is 9.62 Å².